The predicted molar refractivity (Wildman–Crippen MR) is 140 cm³/mol. The molecule has 1 aliphatic rings. The van der Waals surface area contributed by atoms with Crippen LogP contribution in [0.5, 0.6) is 0 Å². The van der Waals surface area contributed by atoms with Crippen LogP contribution in [-0.4, -0.2) is 64.9 Å². The Kier molecular flexibility index (Phi) is 8.32. The van der Waals surface area contributed by atoms with Crippen molar-refractivity contribution in [3.05, 3.63) is 60.3 Å². The fourth-order valence-electron chi connectivity index (χ4n) is 4.39. The van der Waals surface area contributed by atoms with Gasteiger partial charge in [-0.1, -0.05) is 30.3 Å². The number of aromatic nitrogens is 1. The maximum absolute atomic E-state index is 13.1. The molecule has 0 aliphatic carbocycles. The van der Waals surface area contributed by atoms with E-state index in [1.165, 1.54) is 11.8 Å². The molecule has 0 saturated carbocycles. The molecule has 0 unspecified atom stereocenters. The third kappa shape index (κ3) is 6.09. The summed E-state index contributed by atoms with van der Waals surface area (Å²) < 4.78 is 12.8. The van der Waals surface area contributed by atoms with Gasteiger partial charge in [0.2, 0.25) is 11.8 Å². The highest BCUT2D eigenvalue weighted by Gasteiger charge is 2.26. The van der Waals surface area contributed by atoms with Gasteiger partial charge in [-0.05, 0) is 39.0 Å². The van der Waals surface area contributed by atoms with Crippen molar-refractivity contribution < 1.29 is 23.9 Å². The molecular formula is C27H31N3O5S. The summed E-state index contributed by atoms with van der Waals surface area (Å²) in [6.45, 7) is 7.33. The van der Waals surface area contributed by atoms with E-state index < -0.39 is 5.97 Å². The second-order valence-corrected chi connectivity index (χ2v) is 9.81. The lowest BCUT2D eigenvalue weighted by Crippen LogP contribution is -2.49. The molecule has 2 amide bonds. The lowest BCUT2D eigenvalue weighted by molar-refractivity contribution is -0.143. The lowest BCUT2D eigenvalue weighted by Gasteiger charge is -2.35. The highest BCUT2D eigenvalue weighted by molar-refractivity contribution is 8.00. The maximum atomic E-state index is 13.1. The average Bonchev–Trinajstić information content (AvgIpc) is 3.20. The number of rotatable bonds is 8. The zero-order chi connectivity index (χ0) is 25.7. The van der Waals surface area contributed by atoms with Gasteiger partial charge in [-0.2, -0.15) is 0 Å². The number of nitrogens with one attached hydrogen (secondary N) is 1. The number of esters is 1. The molecule has 2 aromatic carbocycles. The molecular weight excluding hydrogens is 478 g/mol. The van der Waals surface area contributed by atoms with Crippen LogP contribution in [0.2, 0.25) is 0 Å². The molecule has 0 bridgehead atoms. The van der Waals surface area contributed by atoms with E-state index in [1.54, 1.807) is 31.2 Å². The number of hydrogen-bond acceptors (Lipinski definition) is 6. The first-order valence-corrected chi connectivity index (χ1v) is 13.0. The first-order valence-electron chi connectivity index (χ1n) is 12.1. The molecule has 4 rings (SSSR count). The summed E-state index contributed by atoms with van der Waals surface area (Å²) in [5, 5.41) is 3.80. The number of fused-ring (bicyclic) bond motifs is 1. The van der Waals surface area contributed by atoms with Crippen molar-refractivity contribution in [3.63, 3.8) is 0 Å². The average molecular weight is 510 g/mol. The van der Waals surface area contributed by atoms with Gasteiger partial charge in [-0.25, -0.2) is 4.79 Å². The lowest BCUT2D eigenvalue weighted by atomic mass is 10.2. The van der Waals surface area contributed by atoms with Crippen molar-refractivity contribution in [2.45, 2.75) is 44.4 Å². The van der Waals surface area contributed by atoms with Gasteiger partial charge < -0.3 is 24.3 Å². The van der Waals surface area contributed by atoms with Crippen LogP contribution in [0, 0.1) is 0 Å². The second-order valence-electron chi connectivity index (χ2n) is 8.80. The minimum Gasteiger partial charge on any atom is -0.462 e. The quantitative estimate of drug-likeness (QED) is 0.362. The molecule has 1 aliphatic heterocycles. The molecule has 9 heteroatoms. The number of anilines is 1. The Morgan fingerprint density at radius 1 is 1.06 bits per heavy atom. The minimum absolute atomic E-state index is 0.0118. The summed E-state index contributed by atoms with van der Waals surface area (Å²) in [6, 6.07) is 14.6. The molecule has 1 saturated heterocycles. The van der Waals surface area contributed by atoms with Crippen molar-refractivity contribution in [2.24, 2.45) is 0 Å². The number of hydrogen-bond donors (Lipinski definition) is 1. The van der Waals surface area contributed by atoms with Gasteiger partial charge in [0.05, 0.1) is 35.8 Å². The molecule has 0 radical (unpaired) electrons. The van der Waals surface area contributed by atoms with Gasteiger partial charge in [0.1, 0.15) is 6.54 Å². The summed E-state index contributed by atoms with van der Waals surface area (Å²) in [6.07, 6.45) is 1.95. The summed E-state index contributed by atoms with van der Waals surface area (Å²) in [7, 11) is 0. The smallest absolute Gasteiger partial charge is 0.340 e. The number of carbonyl (C=O) groups excluding carboxylic acids is 3. The number of thioether (sulfide) groups is 1. The predicted octanol–water partition coefficient (Wildman–Crippen LogP) is 4.18. The van der Waals surface area contributed by atoms with Crippen LogP contribution in [0.1, 0.15) is 31.1 Å². The van der Waals surface area contributed by atoms with Crippen LogP contribution < -0.4 is 5.32 Å². The van der Waals surface area contributed by atoms with Crippen LogP contribution in [-0.2, 0) is 25.6 Å². The maximum Gasteiger partial charge on any atom is 0.340 e. The monoisotopic (exact) mass is 509 g/mol. The second kappa shape index (κ2) is 11.6. The van der Waals surface area contributed by atoms with Crippen LogP contribution >= 0.6 is 11.8 Å². The SMILES string of the molecule is CCOC(=O)c1ccccc1NC(=O)CSc1cn(CC(=O)N2C[C@@H](C)O[C@@H](C)C2)c2ccccc12. The fourth-order valence-corrected chi connectivity index (χ4v) is 5.28. The van der Waals surface area contributed by atoms with E-state index in [-0.39, 0.29) is 42.9 Å². The van der Waals surface area contributed by atoms with E-state index in [2.05, 4.69) is 5.32 Å². The van der Waals surface area contributed by atoms with Crippen LogP contribution in [0.4, 0.5) is 5.69 Å². The first kappa shape index (κ1) is 25.8. The molecule has 1 aromatic heterocycles. The van der Waals surface area contributed by atoms with E-state index in [9.17, 15) is 14.4 Å². The van der Waals surface area contributed by atoms with Gasteiger partial charge in [0, 0.05) is 35.1 Å². The third-order valence-electron chi connectivity index (χ3n) is 5.89. The number of amides is 2. The summed E-state index contributed by atoms with van der Waals surface area (Å²) in [5.41, 5.74) is 1.68. The Balaban J connectivity index is 1.45. The van der Waals surface area contributed by atoms with Crippen molar-refractivity contribution >= 4 is 46.1 Å². The Morgan fingerprint density at radius 2 is 1.75 bits per heavy atom. The molecule has 0 spiro atoms. The zero-order valence-corrected chi connectivity index (χ0v) is 21.5. The zero-order valence-electron chi connectivity index (χ0n) is 20.7. The van der Waals surface area contributed by atoms with Crippen LogP contribution in [0.3, 0.4) is 0 Å². The largest absolute Gasteiger partial charge is 0.462 e. The summed E-state index contributed by atoms with van der Waals surface area (Å²) in [5.74, 6) is -0.515. The Morgan fingerprint density at radius 3 is 2.50 bits per heavy atom. The summed E-state index contributed by atoms with van der Waals surface area (Å²) >= 11 is 1.39. The molecule has 2 heterocycles. The number of morpholine rings is 1. The van der Waals surface area contributed by atoms with E-state index in [1.807, 2.05) is 53.8 Å². The molecule has 190 valence electrons. The standard InChI is InChI=1S/C27H31N3O5S/c1-4-34-27(33)20-9-5-7-11-22(20)28-25(31)17-36-24-15-29(23-12-8-6-10-21(23)24)16-26(32)30-13-18(2)35-19(3)14-30/h5-12,15,18-19H,4,13-14,16-17H2,1-3H3,(H,28,31)/t18-,19+. The summed E-state index contributed by atoms with van der Waals surface area (Å²) in [4.78, 5) is 40.8. The van der Waals surface area contributed by atoms with Crippen LogP contribution in [0.15, 0.2) is 59.6 Å². The van der Waals surface area contributed by atoms with Crippen LogP contribution in [0.25, 0.3) is 10.9 Å². The number of carbonyl (C=O) groups is 3. The Bertz CT molecular complexity index is 1250. The van der Waals surface area contributed by atoms with Gasteiger partial charge in [-0.3, -0.25) is 9.59 Å². The highest BCUT2D eigenvalue weighted by Crippen LogP contribution is 2.30. The molecule has 36 heavy (non-hydrogen) atoms. The number of nitrogens with zero attached hydrogens (tertiary/aromatic N) is 2. The van der Waals surface area contributed by atoms with Crippen molar-refractivity contribution in [1.29, 1.82) is 0 Å². The van der Waals surface area contributed by atoms with E-state index in [0.29, 0.717) is 24.3 Å². The minimum atomic E-state index is -0.474. The van der Waals surface area contributed by atoms with Crippen molar-refractivity contribution in [3.8, 4) is 0 Å². The molecule has 8 nitrogen and oxygen atoms in total. The molecule has 2 atom stereocenters. The fraction of sp³-hybridized carbons (Fsp3) is 0.370. The molecule has 1 fully saturated rings. The first-order chi connectivity index (χ1) is 17.4. The number of para-hydroxylation sites is 2. The number of benzene rings is 2. The number of ether oxygens (including phenoxy) is 2. The van der Waals surface area contributed by atoms with E-state index in [0.717, 1.165) is 15.8 Å². The third-order valence-corrected chi connectivity index (χ3v) is 6.93. The van der Waals surface area contributed by atoms with Gasteiger partial charge >= 0.3 is 5.97 Å². The Labute approximate surface area is 214 Å². The van der Waals surface area contributed by atoms with E-state index >= 15 is 0 Å². The highest BCUT2D eigenvalue weighted by atomic mass is 32.2. The van der Waals surface area contributed by atoms with Crippen molar-refractivity contribution in [1.82, 2.24) is 9.47 Å². The van der Waals surface area contributed by atoms with Crippen molar-refractivity contribution in [2.75, 3.05) is 30.8 Å². The molecule has 3 aromatic rings. The van der Waals surface area contributed by atoms with E-state index in [4.69, 9.17) is 9.47 Å². The topological polar surface area (TPSA) is 89.9 Å². The van der Waals surface area contributed by atoms with Gasteiger partial charge in [-0.15, -0.1) is 11.8 Å². The van der Waals surface area contributed by atoms with Gasteiger partial charge in [0.15, 0.2) is 0 Å². The van der Waals surface area contributed by atoms with Gasteiger partial charge in [0.25, 0.3) is 0 Å². The Hall–Kier alpha value is -3.30. The normalized spacial score (nSPS) is 17.7. The molecule has 1 N–H and O–H groups in total.